The van der Waals surface area contributed by atoms with Crippen molar-refractivity contribution in [2.75, 3.05) is 13.2 Å². The molecule has 0 saturated carbocycles. The quantitative estimate of drug-likeness (QED) is 0.870. The lowest BCUT2D eigenvalue weighted by Gasteiger charge is -2.40. The zero-order valence-corrected chi connectivity index (χ0v) is 11.0. The number of thiophene rings is 1. The molecule has 0 radical (unpaired) electrons. The molecular formula is C13H21NOS. The van der Waals surface area contributed by atoms with Crippen LogP contribution in [0.1, 0.15) is 44.0 Å². The molecule has 16 heavy (non-hydrogen) atoms. The number of ether oxygens (including phenoxy) is 1. The third-order valence-corrected chi connectivity index (χ3v) is 4.28. The van der Waals surface area contributed by atoms with Crippen LogP contribution in [0.15, 0.2) is 17.5 Å². The van der Waals surface area contributed by atoms with E-state index < -0.39 is 0 Å². The molecule has 0 amide bonds. The third-order valence-electron chi connectivity index (χ3n) is 3.35. The Bertz CT molecular complexity index is 304. The van der Waals surface area contributed by atoms with Crippen LogP contribution in [0, 0.1) is 0 Å². The Morgan fingerprint density at radius 2 is 2.44 bits per heavy atom. The maximum atomic E-state index is 6.05. The molecule has 1 fully saturated rings. The van der Waals surface area contributed by atoms with Crippen molar-refractivity contribution in [3.63, 3.8) is 0 Å². The lowest BCUT2D eigenvalue weighted by atomic mass is 9.87. The third kappa shape index (κ3) is 2.47. The van der Waals surface area contributed by atoms with Gasteiger partial charge in [0.05, 0.1) is 11.6 Å². The van der Waals surface area contributed by atoms with E-state index in [0.717, 1.165) is 19.6 Å². The van der Waals surface area contributed by atoms with Crippen LogP contribution in [0.3, 0.4) is 0 Å². The molecular weight excluding hydrogens is 218 g/mol. The molecule has 1 N–H and O–H groups in total. The molecule has 0 aromatic carbocycles. The molecule has 1 saturated heterocycles. The molecule has 1 aliphatic rings. The fraction of sp³-hybridized carbons (Fsp3) is 0.692. The minimum Gasteiger partial charge on any atom is -0.373 e. The zero-order chi connectivity index (χ0) is 11.4. The van der Waals surface area contributed by atoms with Gasteiger partial charge in [0.25, 0.3) is 0 Å². The van der Waals surface area contributed by atoms with Crippen LogP contribution >= 0.6 is 11.3 Å². The number of rotatable bonds is 4. The van der Waals surface area contributed by atoms with Gasteiger partial charge < -0.3 is 10.1 Å². The first kappa shape index (κ1) is 12.1. The Balaban J connectivity index is 2.17. The van der Waals surface area contributed by atoms with Crippen LogP contribution in [-0.2, 0) is 4.74 Å². The lowest BCUT2D eigenvalue weighted by molar-refractivity contribution is -0.0888. The molecule has 1 aliphatic heterocycles. The molecule has 90 valence electrons. The Morgan fingerprint density at radius 1 is 1.56 bits per heavy atom. The summed E-state index contributed by atoms with van der Waals surface area (Å²) in [7, 11) is 0. The molecule has 2 atom stereocenters. The summed E-state index contributed by atoms with van der Waals surface area (Å²) >= 11 is 1.82. The summed E-state index contributed by atoms with van der Waals surface area (Å²) in [5, 5.41) is 5.73. The van der Waals surface area contributed by atoms with Crippen molar-refractivity contribution in [2.24, 2.45) is 0 Å². The standard InChI is InChI=1S/C13H21NOS/c1-3-14-12(11-7-6-10-16-11)13(2)8-4-5-9-15-13/h6-7,10,12,14H,3-5,8-9H2,1-2H3. The van der Waals surface area contributed by atoms with E-state index in [0.29, 0.717) is 6.04 Å². The number of hydrogen-bond donors (Lipinski definition) is 1. The van der Waals surface area contributed by atoms with E-state index in [1.165, 1.54) is 17.7 Å². The highest BCUT2D eigenvalue weighted by Gasteiger charge is 2.37. The first-order valence-electron chi connectivity index (χ1n) is 6.17. The Labute approximate surface area is 102 Å². The molecule has 3 heteroatoms. The van der Waals surface area contributed by atoms with Gasteiger partial charge in [0.15, 0.2) is 0 Å². The largest absolute Gasteiger partial charge is 0.373 e. The van der Waals surface area contributed by atoms with Crippen molar-refractivity contribution in [3.8, 4) is 0 Å². The monoisotopic (exact) mass is 239 g/mol. The van der Waals surface area contributed by atoms with Crippen LogP contribution in [0.4, 0.5) is 0 Å². The average molecular weight is 239 g/mol. The molecule has 2 unspecified atom stereocenters. The smallest absolute Gasteiger partial charge is 0.0856 e. The van der Waals surface area contributed by atoms with E-state index >= 15 is 0 Å². The fourth-order valence-corrected chi connectivity index (χ4v) is 3.40. The Morgan fingerprint density at radius 3 is 3.00 bits per heavy atom. The molecule has 0 spiro atoms. The van der Waals surface area contributed by atoms with Gasteiger partial charge in [-0.1, -0.05) is 13.0 Å². The maximum absolute atomic E-state index is 6.05. The number of hydrogen-bond acceptors (Lipinski definition) is 3. The SMILES string of the molecule is CCNC(c1cccs1)C1(C)CCCCO1. The van der Waals surface area contributed by atoms with Gasteiger partial charge in [0, 0.05) is 11.5 Å². The summed E-state index contributed by atoms with van der Waals surface area (Å²) in [6, 6.07) is 4.68. The van der Waals surface area contributed by atoms with Gasteiger partial charge in [0.2, 0.25) is 0 Å². The van der Waals surface area contributed by atoms with Crippen molar-refractivity contribution in [1.29, 1.82) is 0 Å². The van der Waals surface area contributed by atoms with Gasteiger partial charge in [-0.15, -0.1) is 11.3 Å². The van der Waals surface area contributed by atoms with Crippen molar-refractivity contribution in [2.45, 2.75) is 44.8 Å². The second kappa shape index (κ2) is 5.30. The van der Waals surface area contributed by atoms with Crippen molar-refractivity contribution >= 4 is 11.3 Å². The van der Waals surface area contributed by atoms with Gasteiger partial charge in [-0.25, -0.2) is 0 Å². The van der Waals surface area contributed by atoms with E-state index in [1.807, 2.05) is 11.3 Å². The van der Waals surface area contributed by atoms with Gasteiger partial charge in [-0.2, -0.15) is 0 Å². The highest BCUT2D eigenvalue weighted by Crippen LogP contribution is 2.38. The molecule has 2 heterocycles. The Kier molecular flexibility index (Phi) is 4.00. The summed E-state index contributed by atoms with van der Waals surface area (Å²) in [5.74, 6) is 0. The summed E-state index contributed by atoms with van der Waals surface area (Å²) in [5.41, 5.74) is -0.0287. The predicted molar refractivity (Wildman–Crippen MR) is 68.9 cm³/mol. The zero-order valence-electron chi connectivity index (χ0n) is 10.2. The topological polar surface area (TPSA) is 21.3 Å². The van der Waals surface area contributed by atoms with Gasteiger partial charge >= 0.3 is 0 Å². The van der Waals surface area contributed by atoms with Crippen LogP contribution in [0.2, 0.25) is 0 Å². The van der Waals surface area contributed by atoms with E-state index in [-0.39, 0.29) is 5.60 Å². The second-order valence-corrected chi connectivity index (χ2v) is 5.60. The molecule has 1 aromatic heterocycles. The number of nitrogens with one attached hydrogen (secondary N) is 1. The first-order chi connectivity index (χ1) is 7.76. The lowest BCUT2D eigenvalue weighted by Crippen LogP contribution is -2.45. The normalized spacial score (nSPS) is 27.9. The Hall–Kier alpha value is -0.380. The molecule has 1 aromatic rings. The van der Waals surface area contributed by atoms with Gasteiger partial charge in [-0.3, -0.25) is 0 Å². The molecule has 2 nitrogen and oxygen atoms in total. The second-order valence-electron chi connectivity index (χ2n) is 4.62. The fourth-order valence-electron chi connectivity index (χ4n) is 2.46. The minimum absolute atomic E-state index is 0.0287. The summed E-state index contributed by atoms with van der Waals surface area (Å²) in [6.07, 6.45) is 3.64. The van der Waals surface area contributed by atoms with Gasteiger partial charge in [-0.05, 0) is 44.2 Å². The molecule has 0 aliphatic carbocycles. The van der Waals surface area contributed by atoms with Crippen LogP contribution < -0.4 is 5.32 Å². The average Bonchev–Trinajstić information content (AvgIpc) is 2.80. The van der Waals surface area contributed by atoms with E-state index in [9.17, 15) is 0 Å². The summed E-state index contributed by atoms with van der Waals surface area (Å²) in [6.45, 7) is 6.30. The van der Waals surface area contributed by atoms with Crippen LogP contribution in [0.5, 0.6) is 0 Å². The predicted octanol–water partition coefficient (Wildman–Crippen LogP) is 3.36. The van der Waals surface area contributed by atoms with Crippen LogP contribution in [-0.4, -0.2) is 18.8 Å². The highest BCUT2D eigenvalue weighted by molar-refractivity contribution is 7.10. The summed E-state index contributed by atoms with van der Waals surface area (Å²) < 4.78 is 6.05. The van der Waals surface area contributed by atoms with Crippen molar-refractivity contribution < 1.29 is 4.74 Å². The van der Waals surface area contributed by atoms with E-state index in [4.69, 9.17) is 4.74 Å². The summed E-state index contributed by atoms with van der Waals surface area (Å²) in [4.78, 5) is 1.39. The first-order valence-corrected chi connectivity index (χ1v) is 7.05. The molecule has 0 bridgehead atoms. The van der Waals surface area contributed by atoms with E-state index in [1.54, 1.807) is 0 Å². The van der Waals surface area contributed by atoms with E-state index in [2.05, 4.69) is 36.7 Å². The van der Waals surface area contributed by atoms with Crippen molar-refractivity contribution in [1.82, 2.24) is 5.32 Å². The van der Waals surface area contributed by atoms with Crippen LogP contribution in [0.25, 0.3) is 0 Å². The highest BCUT2D eigenvalue weighted by atomic mass is 32.1. The van der Waals surface area contributed by atoms with Gasteiger partial charge in [0.1, 0.15) is 0 Å². The maximum Gasteiger partial charge on any atom is 0.0856 e. The molecule has 2 rings (SSSR count). The minimum atomic E-state index is -0.0287. The van der Waals surface area contributed by atoms with Crippen molar-refractivity contribution in [3.05, 3.63) is 22.4 Å². The number of likely N-dealkylation sites (N-methyl/N-ethyl adjacent to an activating group) is 1.